The molecule has 0 bridgehead atoms. The zero-order chi connectivity index (χ0) is 27.0. The maximum absolute atomic E-state index is 12.9. The second kappa shape index (κ2) is 10.2. The molecule has 7 nitrogen and oxygen atoms in total. The lowest BCUT2D eigenvalue weighted by atomic mass is 9.97. The van der Waals surface area contributed by atoms with Gasteiger partial charge in [0, 0.05) is 33.3 Å². The number of furan rings is 1. The van der Waals surface area contributed by atoms with Gasteiger partial charge in [-0.1, -0.05) is 54.1 Å². The SMILES string of the molecule is Cc1c(CC(=O)NC(Cc2ccccc2)C(=O)O)c(=O)oc2c(C)c3occ(-c4ccc(Cl)cc4)c3cc12. The lowest BCUT2D eigenvalue weighted by Gasteiger charge is -2.15. The van der Waals surface area contributed by atoms with E-state index in [1.165, 1.54) is 0 Å². The highest BCUT2D eigenvalue weighted by molar-refractivity contribution is 6.30. The predicted molar refractivity (Wildman–Crippen MR) is 146 cm³/mol. The van der Waals surface area contributed by atoms with Crippen LogP contribution in [0.3, 0.4) is 0 Å². The third-order valence-electron chi connectivity index (χ3n) is 6.75. The van der Waals surface area contributed by atoms with Gasteiger partial charge in [-0.05, 0) is 48.7 Å². The fourth-order valence-electron chi connectivity index (χ4n) is 4.71. The molecule has 2 N–H and O–H groups in total. The van der Waals surface area contributed by atoms with Crippen LogP contribution in [0.25, 0.3) is 33.1 Å². The number of carboxylic acid groups (broad SMARTS) is 1. The molecule has 0 aliphatic rings. The van der Waals surface area contributed by atoms with Crippen molar-refractivity contribution in [2.24, 2.45) is 0 Å². The van der Waals surface area contributed by atoms with Crippen molar-refractivity contribution < 1.29 is 23.5 Å². The fourth-order valence-corrected chi connectivity index (χ4v) is 4.84. The molecule has 0 saturated heterocycles. The van der Waals surface area contributed by atoms with Gasteiger partial charge in [-0.2, -0.15) is 0 Å². The Balaban J connectivity index is 1.50. The van der Waals surface area contributed by atoms with Crippen molar-refractivity contribution in [3.05, 3.63) is 105 Å². The first-order valence-corrected chi connectivity index (χ1v) is 12.4. The molecule has 3 aromatic carbocycles. The number of aryl methyl sites for hydroxylation is 2. The smallest absolute Gasteiger partial charge is 0.340 e. The van der Waals surface area contributed by atoms with E-state index in [2.05, 4.69) is 5.32 Å². The first-order valence-electron chi connectivity index (χ1n) is 12.0. The van der Waals surface area contributed by atoms with Crippen molar-refractivity contribution >= 4 is 45.4 Å². The summed E-state index contributed by atoms with van der Waals surface area (Å²) in [5.74, 6) is -1.73. The third-order valence-corrected chi connectivity index (χ3v) is 7.00. The number of carbonyl (C=O) groups is 2. The van der Waals surface area contributed by atoms with E-state index in [1.807, 2.05) is 31.2 Å². The minimum absolute atomic E-state index is 0.123. The van der Waals surface area contributed by atoms with Crippen LogP contribution in [0.4, 0.5) is 0 Å². The van der Waals surface area contributed by atoms with Crippen molar-refractivity contribution in [1.29, 1.82) is 0 Å². The van der Waals surface area contributed by atoms with Gasteiger partial charge in [0.15, 0.2) is 0 Å². The molecule has 1 unspecified atom stereocenters. The lowest BCUT2D eigenvalue weighted by molar-refractivity contribution is -0.141. The van der Waals surface area contributed by atoms with Gasteiger partial charge in [-0.3, -0.25) is 4.79 Å². The summed E-state index contributed by atoms with van der Waals surface area (Å²) in [6.07, 6.45) is 1.47. The molecule has 5 rings (SSSR count). The van der Waals surface area contributed by atoms with Gasteiger partial charge in [0.2, 0.25) is 5.91 Å². The number of halogens is 1. The van der Waals surface area contributed by atoms with E-state index in [1.54, 1.807) is 49.6 Å². The van der Waals surface area contributed by atoms with Gasteiger partial charge < -0.3 is 19.3 Å². The van der Waals surface area contributed by atoms with Crippen molar-refractivity contribution in [3.63, 3.8) is 0 Å². The highest BCUT2D eigenvalue weighted by Crippen LogP contribution is 2.37. The molecule has 2 aromatic heterocycles. The first-order chi connectivity index (χ1) is 18.2. The van der Waals surface area contributed by atoms with Crippen LogP contribution in [-0.2, 0) is 22.4 Å². The van der Waals surface area contributed by atoms with Crippen molar-refractivity contribution in [2.45, 2.75) is 32.7 Å². The number of amides is 1. The number of fused-ring (bicyclic) bond motifs is 2. The molecule has 0 radical (unpaired) electrons. The second-order valence-electron chi connectivity index (χ2n) is 9.23. The summed E-state index contributed by atoms with van der Waals surface area (Å²) < 4.78 is 11.5. The monoisotopic (exact) mass is 529 g/mol. The molecule has 5 aromatic rings. The largest absolute Gasteiger partial charge is 0.480 e. The van der Waals surface area contributed by atoms with Crippen LogP contribution in [0.2, 0.25) is 5.02 Å². The highest BCUT2D eigenvalue weighted by atomic mass is 35.5. The van der Waals surface area contributed by atoms with Crippen LogP contribution in [0, 0.1) is 13.8 Å². The van der Waals surface area contributed by atoms with Crippen LogP contribution < -0.4 is 10.9 Å². The third kappa shape index (κ3) is 4.80. The van der Waals surface area contributed by atoms with Gasteiger partial charge in [-0.15, -0.1) is 0 Å². The average molecular weight is 530 g/mol. The number of hydrogen-bond acceptors (Lipinski definition) is 5. The molecule has 1 amide bonds. The topological polar surface area (TPSA) is 110 Å². The molecule has 8 heteroatoms. The lowest BCUT2D eigenvalue weighted by Crippen LogP contribution is -2.43. The highest BCUT2D eigenvalue weighted by Gasteiger charge is 2.24. The number of benzene rings is 3. The van der Waals surface area contributed by atoms with Crippen molar-refractivity contribution in [1.82, 2.24) is 5.32 Å². The minimum Gasteiger partial charge on any atom is -0.480 e. The van der Waals surface area contributed by atoms with E-state index in [0.717, 1.165) is 22.1 Å². The Kier molecular flexibility index (Phi) is 6.78. The van der Waals surface area contributed by atoms with Crippen LogP contribution in [0.1, 0.15) is 22.3 Å². The Bertz CT molecular complexity index is 1740. The van der Waals surface area contributed by atoms with E-state index in [9.17, 15) is 19.5 Å². The summed E-state index contributed by atoms with van der Waals surface area (Å²) in [4.78, 5) is 37.6. The predicted octanol–water partition coefficient (Wildman–Crippen LogP) is 5.83. The van der Waals surface area contributed by atoms with Crippen LogP contribution in [0.15, 0.2) is 80.6 Å². The Morgan fingerprint density at radius 2 is 1.68 bits per heavy atom. The van der Waals surface area contributed by atoms with Crippen LogP contribution >= 0.6 is 11.6 Å². The molecule has 38 heavy (non-hydrogen) atoms. The maximum atomic E-state index is 12.9. The van der Waals surface area contributed by atoms with E-state index in [-0.39, 0.29) is 18.4 Å². The van der Waals surface area contributed by atoms with Gasteiger partial charge in [0.05, 0.1) is 18.2 Å². The molecule has 1 atom stereocenters. The molecule has 0 aliphatic heterocycles. The molecule has 0 fully saturated rings. The van der Waals surface area contributed by atoms with Crippen LogP contribution in [0.5, 0.6) is 0 Å². The van der Waals surface area contributed by atoms with E-state index < -0.39 is 23.5 Å². The standard InChI is InChI=1S/C30H24ClNO6/c1-16-21-13-23-24(19-8-10-20(31)11-9-19)15-37-27(23)17(2)28(21)38-30(36)22(16)14-26(33)32-25(29(34)35)12-18-6-4-3-5-7-18/h3-11,13,15,25H,12,14H2,1-2H3,(H,32,33)(H,34,35). The molecular weight excluding hydrogens is 506 g/mol. The van der Waals surface area contributed by atoms with Gasteiger partial charge in [-0.25, -0.2) is 9.59 Å². The summed E-state index contributed by atoms with van der Waals surface area (Å²) in [7, 11) is 0. The van der Waals surface area contributed by atoms with E-state index in [0.29, 0.717) is 32.7 Å². The quantitative estimate of drug-likeness (QED) is 0.257. The molecule has 0 aliphatic carbocycles. The zero-order valence-electron chi connectivity index (χ0n) is 20.7. The number of carbonyl (C=O) groups excluding carboxylic acids is 1. The van der Waals surface area contributed by atoms with Crippen LogP contribution in [-0.4, -0.2) is 23.0 Å². The molecular formula is C30H24ClNO6. The summed E-state index contributed by atoms with van der Waals surface area (Å²) in [6, 6.07) is 17.2. The van der Waals surface area contributed by atoms with Crippen molar-refractivity contribution in [3.8, 4) is 11.1 Å². The number of nitrogens with one attached hydrogen (secondary N) is 1. The maximum Gasteiger partial charge on any atom is 0.340 e. The van der Waals surface area contributed by atoms with Crippen molar-refractivity contribution in [2.75, 3.05) is 0 Å². The number of aliphatic carboxylic acids is 1. The first kappa shape index (κ1) is 25.3. The molecule has 2 heterocycles. The summed E-state index contributed by atoms with van der Waals surface area (Å²) >= 11 is 6.05. The molecule has 0 spiro atoms. The Morgan fingerprint density at radius 1 is 0.974 bits per heavy atom. The normalized spacial score (nSPS) is 12.1. The summed E-state index contributed by atoms with van der Waals surface area (Å²) in [6.45, 7) is 3.57. The second-order valence-corrected chi connectivity index (χ2v) is 9.67. The zero-order valence-corrected chi connectivity index (χ0v) is 21.5. The molecule has 192 valence electrons. The number of hydrogen-bond donors (Lipinski definition) is 2. The molecule has 0 saturated carbocycles. The van der Waals surface area contributed by atoms with Gasteiger partial charge >= 0.3 is 11.6 Å². The van der Waals surface area contributed by atoms with Gasteiger partial charge in [0.25, 0.3) is 0 Å². The fraction of sp³-hybridized carbons (Fsp3) is 0.167. The van der Waals surface area contributed by atoms with E-state index in [4.69, 9.17) is 20.4 Å². The average Bonchev–Trinajstić information content (AvgIpc) is 3.32. The Morgan fingerprint density at radius 3 is 2.37 bits per heavy atom. The number of rotatable bonds is 7. The number of carboxylic acids is 1. The summed E-state index contributed by atoms with van der Waals surface area (Å²) in [5.41, 5.74) is 4.32. The summed E-state index contributed by atoms with van der Waals surface area (Å²) in [5, 5.41) is 14.3. The van der Waals surface area contributed by atoms with E-state index >= 15 is 0 Å². The van der Waals surface area contributed by atoms with Gasteiger partial charge in [0.1, 0.15) is 17.2 Å². The Labute approximate surface area is 222 Å². The minimum atomic E-state index is -1.16. The Hall–Kier alpha value is -4.36.